The monoisotopic (exact) mass is 287 g/mol. The molecule has 0 aliphatic heterocycles. The fourth-order valence-corrected chi connectivity index (χ4v) is 3.50. The molecule has 5 heteroatoms. The van der Waals surface area contributed by atoms with E-state index >= 15 is 0 Å². The Balaban J connectivity index is 2.30. The standard InChI is InChI=1S/C13H18ClNO2S/c1-15(2)18(16,17)13-6-4-3-5-11(13)9-12(14)10-7-8-10/h3-6,10,12H,7-9H2,1-2H3. The number of nitrogens with zero attached hydrogens (tertiary/aromatic N) is 1. The van der Waals surface area contributed by atoms with Crippen molar-refractivity contribution in [1.82, 2.24) is 4.31 Å². The van der Waals surface area contributed by atoms with Crippen molar-refractivity contribution >= 4 is 21.6 Å². The van der Waals surface area contributed by atoms with Crippen molar-refractivity contribution in [2.24, 2.45) is 5.92 Å². The van der Waals surface area contributed by atoms with Crippen LogP contribution < -0.4 is 0 Å². The maximum absolute atomic E-state index is 12.2. The molecule has 1 aromatic rings. The molecule has 0 N–H and O–H groups in total. The summed E-state index contributed by atoms with van der Waals surface area (Å²) in [6.07, 6.45) is 2.95. The minimum Gasteiger partial charge on any atom is -0.207 e. The molecule has 1 saturated carbocycles. The zero-order valence-corrected chi connectivity index (χ0v) is 12.2. The largest absolute Gasteiger partial charge is 0.242 e. The Kier molecular flexibility index (Phi) is 3.99. The van der Waals surface area contributed by atoms with Gasteiger partial charge in [0.2, 0.25) is 10.0 Å². The normalized spacial score (nSPS) is 18.0. The topological polar surface area (TPSA) is 37.4 Å². The van der Waals surface area contributed by atoms with Gasteiger partial charge in [0.15, 0.2) is 0 Å². The van der Waals surface area contributed by atoms with Gasteiger partial charge in [-0.2, -0.15) is 0 Å². The molecule has 0 heterocycles. The second-order valence-corrected chi connectivity index (χ2v) is 7.63. The molecule has 1 aliphatic rings. The second kappa shape index (κ2) is 5.19. The minimum absolute atomic E-state index is 0.0449. The predicted molar refractivity (Wildman–Crippen MR) is 73.4 cm³/mol. The molecule has 0 spiro atoms. The Labute approximate surface area is 114 Å². The van der Waals surface area contributed by atoms with E-state index in [0.717, 1.165) is 18.4 Å². The second-order valence-electron chi connectivity index (χ2n) is 4.95. The summed E-state index contributed by atoms with van der Waals surface area (Å²) in [6, 6.07) is 7.12. The average Bonchev–Trinajstić information content (AvgIpc) is 3.13. The summed E-state index contributed by atoms with van der Waals surface area (Å²) >= 11 is 6.31. The van der Waals surface area contributed by atoms with E-state index in [9.17, 15) is 8.42 Å². The van der Waals surface area contributed by atoms with E-state index in [1.165, 1.54) is 4.31 Å². The highest BCUT2D eigenvalue weighted by Crippen LogP contribution is 2.37. The maximum Gasteiger partial charge on any atom is 0.242 e. The number of hydrogen-bond donors (Lipinski definition) is 0. The molecule has 0 aromatic heterocycles. The zero-order valence-electron chi connectivity index (χ0n) is 10.6. The highest BCUT2D eigenvalue weighted by atomic mass is 35.5. The Morgan fingerprint density at radius 1 is 1.33 bits per heavy atom. The van der Waals surface area contributed by atoms with E-state index < -0.39 is 10.0 Å². The highest BCUT2D eigenvalue weighted by Gasteiger charge is 2.31. The van der Waals surface area contributed by atoms with Crippen LogP contribution in [0.3, 0.4) is 0 Å². The van der Waals surface area contributed by atoms with E-state index in [0.29, 0.717) is 17.2 Å². The number of benzene rings is 1. The van der Waals surface area contributed by atoms with E-state index in [-0.39, 0.29) is 5.38 Å². The predicted octanol–water partition coefficient (Wildman–Crippen LogP) is 2.50. The first kappa shape index (κ1) is 13.8. The van der Waals surface area contributed by atoms with Crippen LogP contribution in [0.25, 0.3) is 0 Å². The van der Waals surface area contributed by atoms with Crippen LogP contribution in [0.4, 0.5) is 0 Å². The summed E-state index contributed by atoms with van der Waals surface area (Å²) in [5, 5.41) is 0.0449. The fourth-order valence-electron chi connectivity index (χ4n) is 1.96. The third kappa shape index (κ3) is 2.87. The molecular weight excluding hydrogens is 270 g/mol. The molecule has 3 nitrogen and oxygen atoms in total. The van der Waals surface area contributed by atoms with Crippen molar-refractivity contribution in [1.29, 1.82) is 0 Å². The van der Waals surface area contributed by atoms with Crippen LogP contribution >= 0.6 is 11.6 Å². The van der Waals surface area contributed by atoms with Crippen molar-refractivity contribution in [3.05, 3.63) is 29.8 Å². The number of halogens is 1. The van der Waals surface area contributed by atoms with Gasteiger partial charge in [-0.05, 0) is 36.8 Å². The number of alkyl halides is 1. The Morgan fingerprint density at radius 2 is 1.94 bits per heavy atom. The molecule has 18 heavy (non-hydrogen) atoms. The number of hydrogen-bond acceptors (Lipinski definition) is 2. The Hall–Kier alpha value is -0.580. The van der Waals surface area contributed by atoms with Crippen molar-refractivity contribution in [3.63, 3.8) is 0 Å². The molecule has 0 amide bonds. The van der Waals surface area contributed by atoms with Gasteiger partial charge >= 0.3 is 0 Å². The van der Waals surface area contributed by atoms with Crippen LogP contribution in [0.2, 0.25) is 0 Å². The molecule has 0 saturated heterocycles. The molecule has 1 unspecified atom stereocenters. The first-order valence-corrected chi connectivity index (χ1v) is 7.95. The van der Waals surface area contributed by atoms with E-state index in [1.54, 1.807) is 26.2 Å². The van der Waals surface area contributed by atoms with Gasteiger partial charge in [-0.15, -0.1) is 11.6 Å². The summed E-state index contributed by atoms with van der Waals surface area (Å²) in [5.74, 6) is 0.557. The zero-order chi connectivity index (χ0) is 13.3. The molecule has 100 valence electrons. The van der Waals surface area contributed by atoms with Gasteiger partial charge in [0.1, 0.15) is 0 Å². The van der Waals surface area contributed by atoms with Crippen LogP contribution in [0, 0.1) is 5.92 Å². The smallest absolute Gasteiger partial charge is 0.207 e. The first-order chi connectivity index (χ1) is 8.43. The average molecular weight is 288 g/mol. The van der Waals surface area contributed by atoms with Crippen LogP contribution in [-0.2, 0) is 16.4 Å². The quantitative estimate of drug-likeness (QED) is 0.780. The summed E-state index contributed by atoms with van der Waals surface area (Å²) in [7, 11) is -0.290. The van der Waals surface area contributed by atoms with Crippen molar-refractivity contribution in [2.75, 3.05) is 14.1 Å². The lowest BCUT2D eigenvalue weighted by Gasteiger charge is -2.16. The third-order valence-corrected chi connectivity index (χ3v) is 5.71. The lowest BCUT2D eigenvalue weighted by Crippen LogP contribution is -2.24. The Morgan fingerprint density at radius 3 is 2.50 bits per heavy atom. The lowest BCUT2D eigenvalue weighted by molar-refractivity contribution is 0.519. The van der Waals surface area contributed by atoms with Crippen molar-refractivity contribution in [3.8, 4) is 0 Å². The van der Waals surface area contributed by atoms with Gasteiger partial charge in [0.05, 0.1) is 4.90 Å². The van der Waals surface area contributed by atoms with Gasteiger partial charge < -0.3 is 0 Å². The number of sulfonamides is 1. The van der Waals surface area contributed by atoms with Crippen LogP contribution in [0.1, 0.15) is 18.4 Å². The summed E-state index contributed by atoms with van der Waals surface area (Å²) < 4.78 is 25.6. The Bertz CT molecular complexity index is 524. The van der Waals surface area contributed by atoms with Gasteiger partial charge in [-0.25, -0.2) is 12.7 Å². The molecule has 0 radical (unpaired) electrons. The van der Waals surface area contributed by atoms with Crippen molar-refractivity contribution in [2.45, 2.75) is 29.5 Å². The van der Waals surface area contributed by atoms with Crippen LogP contribution in [0.15, 0.2) is 29.2 Å². The van der Waals surface area contributed by atoms with Crippen LogP contribution in [0.5, 0.6) is 0 Å². The van der Waals surface area contributed by atoms with Gasteiger partial charge in [0, 0.05) is 19.5 Å². The van der Waals surface area contributed by atoms with E-state index in [4.69, 9.17) is 11.6 Å². The molecule has 1 fully saturated rings. The third-order valence-electron chi connectivity index (χ3n) is 3.28. The fraction of sp³-hybridized carbons (Fsp3) is 0.538. The molecule has 2 rings (SSSR count). The van der Waals surface area contributed by atoms with Crippen LogP contribution in [-0.4, -0.2) is 32.2 Å². The van der Waals surface area contributed by atoms with Gasteiger partial charge in [-0.1, -0.05) is 18.2 Å². The van der Waals surface area contributed by atoms with E-state index in [2.05, 4.69) is 0 Å². The molecule has 0 bridgehead atoms. The van der Waals surface area contributed by atoms with E-state index in [1.807, 2.05) is 12.1 Å². The summed E-state index contributed by atoms with van der Waals surface area (Å²) in [5.41, 5.74) is 0.818. The summed E-state index contributed by atoms with van der Waals surface area (Å²) in [6.45, 7) is 0. The molecule has 1 aromatic carbocycles. The molecular formula is C13H18ClNO2S. The first-order valence-electron chi connectivity index (χ1n) is 6.07. The minimum atomic E-state index is -3.38. The molecule has 1 aliphatic carbocycles. The maximum atomic E-state index is 12.2. The molecule has 1 atom stereocenters. The van der Waals surface area contributed by atoms with Crippen molar-refractivity contribution < 1.29 is 8.42 Å². The highest BCUT2D eigenvalue weighted by molar-refractivity contribution is 7.89. The number of rotatable bonds is 5. The lowest BCUT2D eigenvalue weighted by atomic mass is 10.1. The van der Waals surface area contributed by atoms with Gasteiger partial charge in [-0.3, -0.25) is 0 Å². The summed E-state index contributed by atoms with van der Waals surface area (Å²) in [4.78, 5) is 0.376. The van der Waals surface area contributed by atoms with Gasteiger partial charge in [0.25, 0.3) is 0 Å². The SMILES string of the molecule is CN(C)S(=O)(=O)c1ccccc1CC(Cl)C1CC1.